The highest BCUT2D eigenvalue weighted by Gasteiger charge is 2.44. The monoisotopic (exact) mass is 306 g/mol. The molecule has 0 aromatic heterocycles. The molecule has 2 aliphatic rings. The number of nitrogens with zero attached hydrogens (tertiary/aromatic N) is 1. The molecule has 2 fully saturated rings. The molecule has 1 aromatic carbocycles. The van der Waals surface area contributed by atoms with Crippen molar-refractivity contribution in [2.24, 2.45) is 5.73 Å². The molecule has 2 aliphatic heterocycles. The van der Waals surface area contributed by atoms with E-state index in [0.29, 0.717) is 32.6 Å². The number of hydrogen-bond donors (Lipinski definition) is 1. The molecule has 1 amide bonds. The predicted molar refractivity (Wildman–Crippen MR) is 81.9 cm³/mol. The minimum atomic E-state index is -0.669. The molecule has 2 saturated heterocycles. The van der Waals surface area contributed by atoms with Crippen LogP contribution in [0.2, 0.25) is 0 Å². The van der Waals surface area contributed by atoms with Gasteiger partial charge in [-0.1, -0.05) is 12.1 Å². The quantitative estimate of drug-likeness (QED) is 0.907. The van der Waals surface area contributed by atoms with Crippen LogP contribution in [0.15, 0.2) is 24.3 Å². The van der Waals surface area contributed by atoms with E-state index in [4.69, 9.17) is 10.5 Å². The van der Waals surface area contributed by atoms with Crippen molar-refractivity contribution in [2.45, 2.75) is 37.1 Å². The number of halogens is 1. The van der Waals surface area contributed by atoms with Crippen LogP contribution in [0.4, 0.5) is 4.39 Å². The van der Waals surface area contributed by atoms with Crippen molar-refractivity contribution in [3.63, 3.8) is 0 Å². The molecule has 4 nitrogen and oxygen atoms in total. The van der Waals surface area contributed by atoms with Gasteiger partial charge in [0.05, 0.1) is 5.41 Å². The fraction of sp³-hybridized carbons (Fsp3) is 0.588. The van der Waals surface area contributed by atoms with E-state index < -0.39 is 5.41 Å². The van der Waals surface area contributed by atoms with Crippen LogP contribution in [0.5, 0.6) is 0 Å². The van der Waals surface area contributed by atoms with Crippen LogP contribution in [0.25, 0.3) is 0 Å². The predicted octanol–water partition coefficient (Wildman–Crippen LogP) is 1.82. The highest BCUT2D eigenvalue weighted by atomic mass is 19.1. The number of likely N-dealkylation sites (tertiary alicyclic amines) is 1. The molecule has 1 atom stereocenters. The van der Waals surface area contributed by atoms with Crippen LogP contribution in [-0.2, 0) is 14.9 Å². The Hall–Kier alpha value is -1.46. The number of benzene rings is 1. The fourth-order valence-electron chi connectivity index (χ4n) is 3.63. The van der Waals surface area contributed by atoms with Crippen LogP contribution in [0.1, 0.15) is 31.2 Å². The van der Waals surface area contributed by atoms with Gasteiger partial charge >= 0.3 is 0 Å². The molecule has 0 bridgehead atoms. The molecule has 2 N–H and O–H groups in total. The van der Waals surface area contributed by atoms with Crippen molar-refractivity contribution in [1.29, 1.82) is 0 Å². The third kappa shape index (κ3) is 2.88. The Morgan fingerprint density at radius 1 is 1.36 bits per heavy atom. The van der Waals surface area contributed by atoms with E-state index in [2.05, 4.69) is 0 Å². The third-order valence-electron chi connectivity index (χ3n) is 4.88. The number of carbonyl (C=O) groups excluding carboxylic acids is 1. The Morgan fingerprint density at radius 2 is 2.14 bits per heavy atom. The standard InChI is InChI=1S/C17H23FN2O2/c18-14-4-1-3-13(11-14)17(6-9-22-10-7-17)16(21)20-8-2-5-15(19)12-20/h1,3-4,11,15H,2,5-10,12,19H2. The molecule has 1 aromatic rings. The second-order valence-corrected chi connectivity index (χ2v) is 6.36. The first-order valence-electron chi connectivity index (χ1n) is 8.00. The van der Waals surface area contributed by atoms with Gasteiger partial charge < -0.3 is 15.4 Å². The lowest BCUT2D eigenvalue weighted by molar-refractivity contribution is -0.142. The van der Waals surface area contributed by atoms with E-state index in [9.17, 15) is 9.18 Å². The maximum absolute atomic E-state index is 13.7. The topological polar surface area (TPSA) is 55.6 Å². The van der Waals surface area contributed by atoms with Gasteiger partial charge in [0.1, 0.15) is 5.82 Å². The first kappa shape index (κ1) is 15.4. The summed E-state index contributed by atoms with van der Waals surface area (Å²) in [5, 5.41) is 0. The Bertz CT molecular complexity index is 543. The molecule has 2 heterocycles. The number of amides is 1. The zero-order valence-electron chi connectivity index (χ0n) is 12.8. The lowest BCUT2D eigenvalue weighted by atomic mass is 9.72. The van der Waals surface area contributed by atoms with Crippen molar-refractivity contribution < 1.29 is 13.9 Å². The summed E-state index contributed by atoms with van der Waals surface area (Å²) in [5.74, 6) is -0.219. The summed E-state index contributed by atoms with van der Waals surface area (Å²) >= 11 is 0. The Morgan fingerprint density at radius 3 is 2.82 bits per heavy atom. The van der Waals surface area contributed by atoms with Gasteiger partial charge in [-0.2, -0.15) is 0 Å². The van der Waals surface area contributed by atoms with Crippen LogP contribution >= 0.6 is 0 Å². The molecule has 0 radical (unpaired) electrons. The molecule has 0 saturated carbocycles. The number of carbonyl (C=O) groups is 1. The summed E-state index contributed by atoms with van der Waals surface area (Å²) in [6, 6.07) is 6.49. The van der Waals surface area contributed by atoms with Crippen LogP contribution in [0.3, 0.4) is 0 Å². The molecule has 0 aliphatic carbocycles. The van der Waals surface area contributed by atoms with Gasteiger partial charge in [0.25, 0.3) is 0 Å². The van der Waals surface area contributed by atoms with E-state index in [-0.39, 0.29) is 17.8 Å². The van der Waals surface area contributed by atoms with Gasteiger partial charge in [-0.05, 0) is 43.4 Å². The zero-order chi connectivity index (χ0) is 15.6. The molecule has 22 heavy (non-hydrogen) atoms. The number of hydrogen-bond acceptors (Lipinski definition) is 3. The van der Waals surface area contributed by atoms with E-state index in [1.165, 1.54) is 12.1 Å². The van der Waals surface area contributed by atoms with E-state index in [1.54, 1.807) is 6.07 Å². The maximum Gasteiger partial charge on any atom is 0.233 e. The number of ether oxygens (including phenoxy) is 1. The normalized spacial score (nSPS) is 25.0. The van der Waals surface area contributed by atoms with Gasteiger partial charge in [-0.15, -0.1) is 0 Å². The molecule has 0 spiro atoms. The van der Waals surface area contributed by atoms with Gasteiger partial charge in [0, 0.05) is 32.3 Å². The second kappa shape index (κ2) is 6.34. The van der Waals surface area contributed by atoms with Gasteiger partial charge in [0.15, 0.2) is 0 Å². The SMILES string of the molecule is NC1CCCN(C(=O)C2(c3cccc(F)c3)CCOCC2)C1. The zero-order valence-corrected chi connectivity index (χ0v) is 12.8. The number of piperidine rings is 1. The molecule has 3 rings (SSSR count). The first-order chi connectivity index (χ1) is 10.6. The van der Waals surface area contributed by atoms with E-state index >= 15 is 0 Å². The second-order valence-electron chi connectivity index (χ2n) is 6.36. The van der Waals surface area contributed by atoms with Crippen molar-refractivity contribution in [3.8, 4) is 0 Å². The Kier molecular flexibility index (Phi) is 4.45. The van der Waals surface area contributed by atoms with Crippen molar-refractivity contribution >= 4 is 5.91 Å². The fourth-order valence-corrected chi connectivity index (χ4v) is 3.63. The summed E-state index contributed by atoms with van der Waals surface area (Å²) in [6.07, 6.45) is 3.09. The lowest BCUT2D eigenvalue weighted by Gasteiger charge is -2.42. The van der Waals surface area contributed by atoms with Crippen molar-refractivity contribution in [3.05, 3.63) is 35.6 Å². The third-order valence-corrected chi connectivity index (χ3v) is 4.88. The largest absolute Gasteiger partial charge is 0.381 e. The summed E-state index contributed by atoms with van der Waals surface area (Å²) in [4.78, 5) is 15.1. The van der Waals surface area contributed by atoms with Crippen LogP contribution in [0, 0.1) is 5.82 Å². The number of rotatable bonds is 2. The molecular weight excluding hydrogens is 283 g/mol. The van der Waals surface area contributed by atoms with E-state index in [0.717, 1.165) is 24.9 Å². The average molecular weight is 306 g/mol. The summed E-state index contributed by atoms with van der Waals surface area (Å²) in [6.45, 7) is 2.39. The molecular formula is C17H23FN2O2. The first-order valence-corrected chi connectivity index (χ1v) is 8.00. The molecule has 5 heteroatoms. The Labute approximate surface area is 130 Å². The summed E-state index contributed by atoms with van der Waals surface area (Å²) in [7, 11) is 0. The van der Waals surface area contributed by atoms with Gasteiger partial charge in [-0.25, -0.2) is 4.39 Å². The smallest absolute Gasteiger partial charge is 0.233 e. The van der Waals surface area contributed by atoms with E-state index in [1.807, 2.05) is 11.0 Å². The maximum atomic E-state index is 13.7. The van der Waals surface area contributed by atoms with Crippen LogP contribution in [-0.4, -0.2) is 43.2 Å². The minimum absolute atomic E-state index is 0.0436. The lowest BCUT2D eigenvalue weighted by Crippen LogP contribution is -2.54. The Balaban J connectivity index is 1.93. The molecule has 120 valence electrons. The summed E-state index contributed by atoms with van der Waals surface area (Å²) in [5.41, 5.74) is 6.11. The molecule has 1 unspecified atom stereocenters. The van der Waals surface area contributed by atoms with Gasteiger partial charge in [-0.3, -0.25) is 4.79 Å². The number of nitrogens with two attached hydrogens (primary N) is 1. The average Bonchev–Trinajstić information content (AvgIpc) is 2.55. The van der Waals surface area contributed by atoms with Crippen LogP contribution < -0.4 is 5.73 Å². The highest BCUT2D eigenvalue weighted by molar-refractivity contribution is 5.88. The highest BCUT2D eigenvalue weighted by Crippen LogP contribution is 2.37. The van der Waals surface area contributed by atoms with Crippen molar-refractivity contribution in [2.75, 3.05) is 26.3 Å². The summed E-state index contributed by atoms with van der Waals surface area (Å²) < 4.78 is 19.1. The van der Waals surface area contributed by atoms with Crippen molar-refractivity contribution in [1.82, 2.24) is 4.90 Å². The minimum Gasteiger partial charge on any atom is -0.381 e. The van der Waals surface area contributed by atoms with Gasteiger partial charge in [0.2, 0.25) is 5.91 Å².